The maximum atomic E-state index is 14.4. The molecule has 1 aromatic heterocycles. The third-order valence-corrected chi connectivity index (χ3v) is 12.9. The first-order valence-corrected chi connectivity index (χ1v) is 19.3. The fraction of sp³-hybridized carbons (Fsp3) is 0.583. The molecule has 4 N–H and O–H groups in total. The van der Waals surface area contributed by atoms with Gasteiger partial charge in [-0.25, -0.2) is 17.6 Å². The largest absolute Gasteiger partial charge is 0.478 e. The molecule has 0 bridgehead atoms. The number of nitrogens with one attached hydrogen (secondary N) is 3. The van der Waals surface area contributed by atoms with E-state index < -0.39 is 80.8 Å². The molecule has 1 aromatic carbocycles. The van der Waals surface area contributed by atoms with Crippen LogP contribution >= 0.6 is 0 Å². The highest BCUT2D eigenvalue weighted by Gasteiger charge is 2.64. The molecule has 6 rings (SSSR count). The van der Waals surface area contributed by atoms with E-state index in [-0.39, 0.29) is 44.0 Å². The first-order valence-electron chi connectivity index (χ1n) is 17.8. The van der Waals surface area contributed by atoms with Crippen LogP contribution in [0, 0.1) is 17.8 Å². The number of carbonyl (C=O) groups is 4. The Balaban J connectivity index is 1.35. The number of sulfonamides is 1. The molecular weight excluding hydrogens is 697 g/mol. The lowest BCUT2D eigenvalue weighted by molar-refractivity contribution is -0.142. The van der Waals surface area contributed by atoms with Crippen LogP contribution in [0.1, 0.15) is 65.7 Å². The number of nitrogens with zero attached hydrogens (tertiary/aromatic N) is 2. The lowest BCUT2D eigenvalue weighted by Gasteiger charge is -2.32. The summed E-state index contributed by atoms with van der Waals surface area (Å²) in [7, 11) is -4.39. The lowest BCUT2D eigenvalue weighted by atomic mass is 9.88. The van der Waals surface area contributed by atoms with E-state index in [0.29, 0.717) is 37.1 Å². The zero-order valence-corrected chi connectivity index (χ0v) is 30.3. The summed E-state index contributed by atoms with van der Waals surface area (Å²) in [6, 6.07) is 6.73. The van der Waals surface area contributed by atoms with Gasteiger partial charge in [0, 0.05) is 23.8 Å². The zero-order valence-electron chi connectivity index (χ0n) is 29.5. The van der Waals surface area contributed by atoms with Crippen molar-refractivity contribution in [3.8, 4) is 11.8 Å². The van der Waals surface area contributed by atoms with E-state index in [1.165, 1.54) is 4.90 Å². The molecule has 282 valence electrons. The summed E-state index contributed by atoms with van der Waals surface area (Å²) in [6.45, 7) is 4.72. The summed E-state index contributed by atoms with van der Waals surface area (Å²) in [5, 5.41) is 16.4. The number of halogens is 1. The Morgan fingerprint density at radius 1 is 1.17 bits per heavy atom. The topological polar surface area (TPSA) is 193 Å². The van der Waals surface area contributed by atoms with Gasteiger partial charge in [-0.15, -0.1) is 0 Å². The molecule has 3 fully saturated rings. The molecule has 4 aliphatic rings. The van der Waals surface area contributed by atoms with Crippen LogP contribution in [-0.4, -0.2) is 95.5 Å². The molecule has 2 aliphatic heterocycles. The van der Waals surface area contributed by atoms with Crippen LogP contribution in [0.25, 0.3) is 10.8 Å². The van der Waals surface area contributed by atoms with E-state index in [1.54, 1.807) is 19.1 Å². The van der Waals surface area contributed by atoms with Gasteiger partial charge in [0.1, 0.15) is 35.1 Å². The standard InChI is InChI=1S/C36H46FN5O9S/c1-4-50-28-16-23-10-6-8-12-26(23)31(38-28)51-25-17-27-30(43)40-36(33(45)41-52(48,49)35(20-37)13-14-35)18-24(36)11-7-5-9-21(2)15-22(3)29(39-34(46)47)32(44)42(27)19-25/h6-8,10-12,16,21-22,24-25,27,29,39H,4-5,9,13-15,17-20H2,1-3H3,(H,40,43)(H,41,45)(H,46,47)/t21-,22+,24+,25+,27-,29-,36+/m0/s1. The van der Waals surface area contributed by atoms with Crippen LogP contribution in [-0.2, 0) is 24.4 Å². The molecule has 2 saturated carbocycles. The van der Waals surface area contributed by atoms with Crippen LogP contribution in [0.5, 0.6) is 11.8 Å². The smallest absolute Gasteiger partial charge is 0.405 e. The Labute approximate surface area is 301 Å². The number of amides is 4. The van der Waals surface area contributed by atoms with E-state index in [4.69, 9.17) is 9.47 Å². The van der Waals surface area contributed by atoms with Crippen molar-refractivity contribution in [2.45, 2.75) is 94.2 Å². The number of fused-ring (bicyclic) bond motifs is 3. The van der Waals surface area contributed by atoms with E-state index in [0.717, 1.165) is 5.39 Å². The van der Waals surface area contributed by atoms with Crippen molar-refractivity contribution in [2.24, 2.45) is 17.8 Å². The molecule has 52 heavy (non-hydrogen) atoms. The van der Waals surface area contributed by atoms with Crippen LogP contribution in [0.3, 0.4) is 0 Å². The summed E-state index contributed by atoms with van der Waals surface area (Å²) in [5.74, 6) is -2.70. The Bertz CT molecular complexity index is 1870. The summed E-state index contributed by atoms with van der Waals surface area (Å²) >= 11 is 0. The Kier molecular flexibility index (Phi) is 10.4. The number of ether oxygens (including phenoxy) is 2. The average Bonchev–Trinajstić information content (AvgIpc) is 4.00. The number of rotatable bonds is 9. The summed E-state index contributed by atoms with van der Waals surface area (Å²) in [4.78, 5) is 60.3. The van der Waals surface area contributed by atoms with Crippen molar-refractivity contribution in [1.82, 2.24) is 25.2 Å². The van der Waals surface area contributed by atoms with Crippen molar-refractivity contribution in [1.29, 1.82) is 0 Å². The number of carbonyl (C=O) groups excluding carboxylic acids is 3. The number of carboxylic acid groups (broad SMARTS) is 1. The zero-order chi connectivity index (χ0) is 37.4. The number of pyridine rings is 1. The fourth-order valence-corrected chi connectivity index (χ4v) is 8.92. The fourth-order valence-electron chi connectivity index (χ4n) is 7.50. The highest BCUT2D eigenvalue weighted by Crippen LogP contribution is 2.48. The number of alkyl halides is 1. The second-order valence-electron chi connectivity index (χ2n) is 14.7. The minimum Gasteiger partial charge on any atom is -0.478 e. The number of benzene rings is 1. The first-order chi connectivity index (χ1) is 24.7. The van der Waals surface area contributed by atoms with E-state index in [2.05, 4.69) is 20.3 Å². The van der Waals surface area contributed by atoms with Gasteiger partial charge in [0.2, 0.25) is 33.6 Å². The van der Waals surface area contributed by atoms with Crippen LogP contribution in [0.2, 0.25) is 0 Å². The SMILES string of the molecule is CCOc1cc2ccccc2c(O[C@@H]2C[C@H]3C(=O)N[C@]4(C(=O)NS(=O)(=O)C5(CF)CC5)C[C@H]4C=CCC[C@H](C)C[C@@H](C)[C@H](NC(=O)O)C(=O)N3C2)n1. The number of aromatic nitrogens is 1. The van der Waals surface area contributed by atoms with Gasteiger partial charge >= 0.3 is 6.09 Å². The van der Waals surface area contributed by atoms with Gasteiger partial charge in [0.25, 0.3) is 5.91 Å². The average molecular weight is 744 g/mol. The molecule has 4 amide bonds. The van der Waals surface area contributed by atoms with E-state index >= 15 is 0 Å². The van der Waals surface area contributed by atoms with E-state index in [1.807, 2.05) is 44.2 Å². The highest BCUT2D eigenvalue weighted by molar-refractivity contribution is 7.91. The Morgan fingerprint density at radius 3 is 2.62 bits per heavy atom. The third kappa shape index (κ3) is 7.39. The third-order valence-electron chi connectivity index (χ3n) is 10.8. The normalized spacial score (nSPS) is 30.2. The van der Waals surface area contributed by atoms with Crippen LogP contribution in [0.15, 0.2) is 42.5 Å². The maximum Gasteiger partial charge on any atom is 0.405 e. The first kappa shape index (κ1) is 37.3. The monoisotopic (exact) mass is 743 g/mol. The molecule has 7 atom stereocenters. The van der Waals surface area contributed by atoms with Gasteiger partial charge in [-0.2, -0.15) is 4.98 Å². The summed E-state index contributed by atoms with van der Waals surface area (Å²) in [5.41, 5.74) is -1.66. The predicted molar refractivity (Wildman–Crippen MR) is 188 cm³/mol. The van der Waals surface area contributed by atoms with Gasteiger partial charge in [0.15, 0.2) is 0 Å². The van der Waals surface area contributed by atoms with E-state index in [9.17, 15) is 37.1 Å². The highest BCUT2D eigenvalue weighted by atomic mass is 32.2. The summed E-state index contributed by atoms with van der Waals surface area (Å²) < 4.78 is 52.4. The van der Waals surface area contributed by atoms with Crippen molar-refractivity contribution >= 4 is 44.6 Å². The second-order valence-corrected chi connectivity index (χ2v) is 16.8. The van der Waals surface area contributed by atoms with Crippen molar-refractivity contribution < 1.29 is 46.6 Å². The second kappa shape index (κ2) is 14.5. The molecule has 3 heterocycles. The minimum atomic E-state index is -4.39. The number of hydrogen-bond donors (Lipinski definition) is 4. The molecule has 2 aromatic rings. The molecule has 16 heteroatoms. The molecule has 0 radical (unpaired) electrons. The van der Waals surface area contributed by atoms with Crippen molar-refractivity contribution in [2.75, 3.05) is 19.8 Å². The Morgan fingerprint density at radius 2 is 1.92 bits per heavy atom. The molecule has 1 saturated heterocycles. The number of allylic oxidation sites excluding steroid dienone is 1. The molecular formula is C36H46FN5O9S. The lowest BCUT2D eigenvalue weighted by Crippen LogP contribution is -2.59. The number of hydrogen-bond acceptors (Lipinski definition) is 9. The molecule has 14 nitrogen and oxygen atoms in total. The van der Waals surface area contributed by atoms with Gasteiger partial charge in [-0.3, -0.25) is 19.1 Å². The molecule has 2 aliphatic carbocycles. The quantitative estimate of drug-likeness (QED) is 0.277. The molecule has 0 spiro atoms. The van der Waals surface area contributed by atoms with Gasteiger partial charge < -0.3 is 30.1 Å². The van der Waals surface area contributed by atoms with Crippen molar-refractivity contribution in [3.63, 3.8) is 0 Å². The van der Waals surface area contributed by atoms with Crippen LogP contribution in [0.4, 0.5) is 9.18 Å². The van der Waals surface area contributed by atoms with Gasteiger partial charge in [-0.1, -0.05) is 44.2 Å². The van der Waals surface area contributed by atoms with Crippen molar-refractivity contribution in [3.05, 3.63) is 42.5 Å². The minimum absolute atomic E-state index is 0.0432. The molecule has 0 unspecified atom stereocenters. The Hall–Kier alpha value is -4.47. The summed E-state index contributed by atoms with van der Waals surface area (Å²) in [6.07, 6.45) is 3.50. The van der Waals surface area contributed by atoms with Crippen LogP contribution < -0.4 is 24.8 Å². The predicted octanol–water partition coefficient (Wildman–Crippen LogP) is 3.45. The van der Waals surface area contributed by atoms with Gasteiger partial charge in [0.05, 0.1) is 13.2 Å². The van der Waals surface area contributed by atoms with Gasteiger partial charge in [-0.05, 0) is 68.7 Å². The maximum absolute atomic E-state index is 14.4.